The van der Waals surface area contributed by atoms with E-state index < -0.39 is 41.4 Å². The average molecular weight is 478 g/mol. The third-order valence-corrected chi connectivity index (χ3v) is 6.29. The Kier molecular flexibility index (Phi) is 5.55. The number of fused-ring (bicyclic) bond motifs is 2. The van der Waals surface area contributed by atoms with Crippen molar-refractivity contribution in [2.75, 3.05) is 16.8 Å². The zero-order valence-corrected chi connectivity index (χ0v) is 17.5. The lowest BCUT2D eigenvalue weighted by molar-refractivity contribution is -0.145. The molecule has 2 aromatic rings. The molecule has 2 fully saturated rings. The van der Waals surface area contributed by atoms with Gasteiger partial charge in [-0.05, 0) is 55.5 Å². The number of benzene rings is 1. The first kappa shape index (κ1) is 22.7. The molecule has 2 heterocycles. The van der Waals surface area contributed by atoms with Crippen molar-refractivity contribution in [3.05, 3.63) is 52.7 Å². The van der Waals surface area contributed by atoms with E-state index >= 15 is 0 Å². The van der Waals surface area contributed by atoms with Crippen molar-refractivity contribution in [1.29, 1.82) is 0 Å². The Morgan fingerprint density at radius 1 is 1.09 bits per heavy atom. The van der Waals surface area contributed by atoms with Crippen LogP contribution in [0.25, 0.3) is 0 Å². The van der Waals surface area contributed by atoms with E-state index in [1.54, 1.807) is 24.3 Å². The van der Waals surface area contributed by atoms with E-state index in [2.05, 4.69) is 4.98 Å². The molecule has 2 aliphatic rings. The number of rotatable bonds is 3. The fourth-order valence-electron chi connectivity index (χ4n) is 4.60. The largest absolute Gasteiger partial charge is 0.433 e. The normalized spacial score (nSPS) is 23.0. The van der Waals surface area contributed by atoms with Crippen molar-refractivity contribution < 1.29 is 31.1 Å². The first-order valence-electron chi connectivity index (χ1n) is 9.84. The molecule has 4 rings (SSSR count). The molecule has 172 valence electrons. The van der Waals surface area contributed by atoms with Crippen LogP contribution in [-0.2, 0) is 17.1 Å². The van der Waals surface area contributed by atoms with E-state index in [1.165, 1.54) is 16.8 Å². The second kappa shape index (κ2) is 7.83. The van der Waals surface area contributed by atoms with Gasteiger partial charge in [-0.3, -0.25) is 4.79 Å². The molecule has 2 bridgehead atoms. The number of aromatic nitrogens is 1. The third kappa shape index (κ3) is 4.12. The minimum atomic E-state index is -5.06. The van der Waals surface area contributed by atoms with Gasteiger partial charge in [-0.25, -0.2) is 4.98 Å². The number of halogens is 7. The fraction of sp³-hybridized carbons (Fsp3) is 0.429. The third-order valence-electron chi connectivity index (χ3n) is 6.06. The molecule has 1 saturated carbocycles. The van der Waals surface area contributed by atoms with E-state index in [4.69, 9.17) is 11.6 Å². The first-order chi connectivity index (χ1) is 14.9. The van der Waals surface area contributed by atoms with Crippen molar-refractivity contribution in [1.82, 2.24) is 4.98 Å². The van der Waals surface area contributed by atoms with E-state index in [0.717, 1.165) is 0 Å². The molecule has 0 unspecified atom stereocenters. The molecule has 1 aliphatic heterocycles. The van der Waals surface area contributed by atoms with Crippen molar-refractivity contribution in [3.8, 4) is 0 Å². The van der Waals surface area contributed by atoms with Gasteiger partial charge in [-0.1, -0.05) is 17.7 Å². The average Bonchev–Trinajstić information content (AvgIpc) is 3.32. The van der Waals surface area contributed by atoms with Gasteiger partial charge >= 0.3 is 12.4 Å². The van der Waals surface area contributed by atoms with Crippen molar-refractivity contribution >= 4 is 29.0 Å². The van der Waals surface area contributed by atoms with E-state index in [-0.39, 0.29) is 18.0 Å². The van der Waals surface area contributed by atoms with Crippen molar-refractivity contribution in [3.63, 3.8) is 0 Å². The maximum absolute atomic E-state index is 13.4. The number of anilines is 2. The molecular weight excluding hydrogens is 460 g/mol. The Labute approximate surface area is 184 Å². The molecule has 0 N–H and O–H groups in total. The molecular formula is C21H18ClF6N3O. The predicted molar refractivity (Wildman–Crippen MR) is 106 cm³/mol. The predicted octanol–water partition coefficient (Wildman–Crippen LogP) is 5.79. The van der Waals surface area contributed by atoms with E-state index in [9.17, 15) is 31.1 Å². The molecule has 1 aromatic heterocycles. The monoisotopic (exact) mass is 477 g/mol. The molecule has 32 heavy (non-hydrogen) atoms. The molecule has 4 nitrogen and oxygen atoms in total. The Bertz CT molecular complexity index is 1010. The van der Waals surface area contributed by atoms with E-state index in [0.29, 0.717) is 36.0 Å². The van der Waals surface area contributed by atoms with Gasteiger partial charge in [0.05, 0.1) is 5.56 Å². The molecule has 1 saturated heterocycles. The highest BCUT2D eigenvalue weighted by Crippen LogP contribution is 2.47. The maximum Gasteiger partial charge on any atom is 0.433 e. The lowest BCUT2D eigenvalue weighted by atomic mass is 9.97. The smallest absolute Gasteiger partial charge is 0.341 e. The summed E-state index contributed by atoms with van der Waals surface area (Å²) < 4.78 is 80.0. The second-order valence-electron chi connectivity index (χ2n) is 8.05. The van der Waals surface area contributed by atoms with Gasteiger partial charge in [0, 0.05) is 23.8 Å². The van der Waals surface area contributed by atoms with E-state index in [1.807, 2.05) is 0 Å². The topological polar surface area (TPSA) is 36.4 Å². The number of piperidine rings is 1. The highest BCUT2D eigenvalue weighted by molar-refractivity contribution is 6.30. The molecule has 1 amide bonds. The van der Waals surface area contributed by atoms with Gasteiger partial charge in [0.15, 0.2) is 0 Å². The molecule has 0 radical (unpaired) electrons. The fourth-order valence-corrected chi connectivity index (χ4v) is 4.79. The van der Waals surface area contributed by atoms with Gasteiger partial charge in [0.1, 0.15) is 17.6 Å². The summed E-state index contributed by atoms with van der Waals surface area (Å²) in [6.45, 7) is 0. The lowest BCUT2D eigenvalue weighted by Crippen LogP contribution is -2.51. The summed E-state index contributed by atoms with van der Waals surface area (Å²) in [4.78, 5) is 19.5. The summed E-state index contributed by atoms with van der Waals surface area (Å²) in [5.74, 6) is -1.12. The Balaban J connectivity index is 1.76. The Morgan fingerprint density at radius 3 is 2.44 bits per heavy atom. The highest BCUT2D eigenvalue weighted by Gasteiger charge is 2.51. The number of pyridine rings is 1. The Morgan fingerprint density at radius 2 is 1.81 bits per heavy atom. The van der Waals surface area contributed by atoms with Gasteiger partial charge in [-0.15, -0.1) is 0 Å². The number of nitrogens with zero attached hydrogens (tertiary/aromatic N) is 3. The number of hydrogen-bond donors (Lipinski definition) is 0. The Hall–Kier alpha value is -2.49. The van der Waals surface area contributed by atoms with Gasteiger partial charge in [0.2, 0.25) is 5.91 Å². The summed E-state index contributed by atoms with van der Waals surface area (Å²) in [5, 5.41) is 0.390. The van der Waals surface area contributed by atoms with Crippen LogP contribution in [0.1, 0.15) is 30.5 Å². The zero-order valence-electron chi connectivity index (χ0n) is 16.7. The van der Waals surface area contributed by atoms with Crippen LogP contribution in [0.5, 0.6) is 0 Å². The summed E-state index contributed by atoms with van der Waals surface area (Å²) in [7, 11) is 1.50. The second-order valence-corrected chi connectivity index (χ2v) is 8.49. The quantitative estimate of drug-likeness (QED) is 0.525. The van der Waals surface area contributed by atoms with Crippen LogP contribution >= 0.6 is 11.6 Å². The minimum Gasteiger partial charge on any atom is -0.341 e. The number of carbonyl (C=O) groups excluding carboxylic acids is 1. The van der Waals surface area contributed by atoms with Crippen LogP contribution in [0.15, 0.2) is 36.4 Å². The standard InChI is InChI=1S/C21H18ClF6N3O/c1-30(14-4-2-3-13(22)10-14)19(32)18-11-5-6-15(7-11)31(18)17-9-12(20(23,24)25)8-16(29-17)21(26,27)28/h2-4,8-11,15,18H,5-7H2,1H3/t11-,15+,18-/m0/s1. The highest BCUT2D eigenvalue weighted by atomic mass is 35.5. The SMILES string of the molecule is CN(C(=O)[C@@H]1[C@H]2CC[C@H](C2)N1c1cc(C(F)(F)F)cc(C(F)(F)F)n1)c1cccc(Cl)c1. The summed E-state index contributed by atoms with van der Waals surface area (Å²) in [6, 6.07) is 5.77. The van der Waals surface area contributed by atoms with Gasteiger partial charge in [-0.2, -0.15) is 26.3 Å². The first-order valence-corrected chi connectivity index (χ1v) is 10.2. The summed E-state index contributed by atoms with van der Waals surface area (Å²) in [6.07, 6.45) is -8.33. The molecule has 11 heteroatoms. The van der Waals surface area contributed by atoms with Crippen LogP contribution < -0.4 is 9.80 Å². The van der Waals surface area contributed by atoms with Crippen LogP contribution in [0, 0.1) is 5.92 Å². The molecule has 3 atom stereocenters. The van der Waals surface area contributed by atoms with Crippen LogP contribution in [0.2, 0.25) is 5.02 Å². The van der Waals surface area contributed by atoms with Gasteiger partial charge in [0.25, 0.3) is 0 Å². The van der Waals surface area contributed by atoms with Crippen LogP contribution in [-0.4, -0.2) is 30.0 Å². The van der Waals surface area contributed by atoms with Crippen molar-refractivity contribution in [2.45, 2.75) is 43.7 Å². The van der Waals surface area contributed by atoms with Crippen molar-refractivity contribution in [2.24, 2.45) is 5.92 Å². The maximum atomic E-state index is 13.4. The zero-order chi connectivity index (χ0) is 23.4. The lowest BCUT2D eigenvalue weighted by Gasteiger charge is -2.37. The van der Waals surface area contributed by atoms with Crippen LogP contribution in [0.4, 0.5) is 37.8 Å². The van der Waals surface area contributed by atoms with Gasteiger partial charge < -0.3 is 9.80 Å². The summed E-state index contributed by atoms with van der Waals surface area (Å²) >= 11 is 5.99. The minimum absolute atomic E-state index is 0.00719. The van der Waals surface area contributed by atoms with Crippen LogP contribution in [0.3, 0.4) is 0 Å². The summed E-state index contributed by atoms with van der Waals surface area (Å²) in [5.41, 5.74) is -2.62. The number of alkyl halides is 6. The molecule has 1 aliphatic carbocycles. The molecule has 0 spiro atoms. The number of likely N-dealkylation sites (N-methyl/N-ethyl adjacent to an activating group) is 1. The number of amides is 1. The number of carbonyl (C=O) groups is 1. The number of hydrogen-bond acceptors (Lipinski definition) is 3. The molecule has 1 aromatic carbocycles.